The van der Waals surface area contributed by atoms with Crippen molar-refractivity contribution in [1.29, 1.82) is 0 Å². The van der Waals surface area contributed by atoms with Gasteiger partial charge in [-0.05, 0) is 57.6 Å². The number of carboxylic acid groups (broad SMARTS) is 1. The molecule has 0 heterocycles. The van der Waals surface area contributed by atoms with Crippen LogP contribution in [-0.2, 0) is 24.0 Å². The molecule has 10 N–H and O–H groups in total. The maximum absolute atomic E-state index is 12.8. The third-order valence-corrected chi connectivity index (χ3v) is 5.18. The zero-order valence-corrected chi connectivity index (χ0v) is 19.4. The summed E-state index contributed by atoms with van der Waals surface area (Å²) in [6.07, 6.45) is 3.09. The molecule has 4 unspecified atom stereocenters. The number of carbonyl (C=O) groups is 5. The lowest BCUT2D eigenvalue weighted by Gasteiger charge is -2.25. The molecule has 0 aromatic carbocycles. The number of nitrogens with two attached hydrogens (primary N) is 3. The van der Waals surface area contributed by atoms with Crippen LogP contribution in [-0.4, -0.2) is 77.4 Å². The number of amides is 4. The van der Waals surface area contributed by atoms with Gasteiger partial charge in [0, 0.05) is 6.42 Å². The summed E-state index contributed by atoms with van der Waals surface area (Å²) in [4.78, 5) is 60.0. The van der Waals surface area contributed by atoms with E-state index in [4.69, 9.17) is 17.2 Å². The molecular weight excluding hydrogens is 440 g/mol. The minimum absolute atomic E-state index is 0.180. The van der Waals surface area contributed by atoms with E-state index in [-0.39, 0.29) is 19.3 Å². The first-order valence-electron chi connectivity index (χ1n) is 10.4. The minimum atomic E-state index is -1.34. The standard InChI is InChI=1S/C19H36N6O6S/c1-11(21)16(27)23-13(8-10-32-2)18(29)24-12(5-3-4-9-20)17(28)25-14(19(30)31)6-7-15(22)26/h11-14H,3-10,20-21H2,1-2H3,(H2,22,26)(H,23,27)(H,24,29)(H,25,28)(H,30,31). The summed E-state index contributed by atoms with van der Waals surface area (Å²) in [5, 5.41) is 16.8. The van der Waals surface area contributed by atoms with Crippen molar-refractivity contribution < 1.29 is 29.1 Å². The average molecular weight is 477 g/mol. The molecule has 12 nitrogen and oxygen atoms in total. The molecule has 184 valence electrons. The second-order valence-electron chi connectivity index (χ2n) is 7.38. The quantitative estimate of drug-likeness (QED) is 0.115. The van der Waals surface area contributed by atoms with Gasteiger partial charge >= 0.3 is 5.97 Å². The van der Waals surface area contributed by atoms with Crippen LogP contribution in [0.15, 0.2) is 0 Å². The van der Waals surface area contributed by atoms with Gasteiger partial charge in [-0.2, -0.15) is 11.8 Å². The maximum atomic E-state index is 12.8. The highest BCUT2D eigenvalue weighted by Crippen LogP contribution is 2.07. The summed E-state index contributed by atoms with van der Waals surface area (Å²) in [5.74, 6) is -3.24. The van der Waals surface area contributed by atoms with Crippen LogP contribution in [0.2, 0.25) is 0 Å². The van der Waals surface area contributed by atoms with Crippen molar-refractivity contribution in [2.45, 2.75) is 69.6 Å². The summed E-state index contributed by atoms with van der Waals surface area (Å²) in [7, 11) is 0. The van der Waals surface area contributed by atoms with Gasteiger partial charge in [0.1, 0.15) is 18.1 Å². The molecule has 4 amide bonds. The second kappa shape index (κ2) is 16.3. The van der Waals surface area contributed by atoms with E-state index in [1.807, 2.05) is 6.26 Å². The number of carboxylic acids is 1. The molecule has 0 aliphatic heterocycles. The van der Waals surface area contributed by atoms with Gasteiger partial charge in [0.25, 0.3) is 0 Å². The molecule has 0 radical (unpaired) electrons. The highest BCUT2D eigenvalue weighted by Gasteiger charge is 2.29. The molecule has 0 aromatic rings. The average Bonchev–Trinajstić information content (AvgIpc) is 2.72. The van der Waals surface area contributed by atoms with Crippen molar-refractivity contribution in [2.24, 2.45) is 17.2 Å². The lowest BCUT2D eigenvalue weighted by Crippen LogP contribution is -2.57. The Morgan fingerprint density at radius 2 is 1.41 bits per heavy atom. The van der Waals surface area contributed by atoms with Gasteiger partial charge in [0.2, 0.25) is 23.6 Å². The number of hydrogen-bond acceptors (Lipinski definition) is 8. The fourth-order valence-electron chi connectivity index (χ4n) is 2.66. The molecule has 0 rings (SSSR count). The van der Waals surface area contributed by atoms with Crippen molar-refractivity contribution in [3.8, 4) is 0 Å². The summed E-state index contributed by atoms with van der Waals surface area (Å²) >= 11 is 1.49. The molecule has 0 fully saturated rings. The SMILES string of the molecule is CSCCC(NC(=O)C(C)N)C(=O)NC(CCCCN)C(=O)NC(CCC(N)=O)C(=O)O. The van der Waals surface area contributed by atoms with Crippen LogP contribution in [0.25, 0.3) is 0 Å². The van der Waals surface area contributed by atoms with Crippen molar-refractivity contribution in [1.82, 2.24) is 16.0 Å². The summed E-state index contributed by atoms with van der Waals surface area (Å²) in [6, 6.07) is -4.11. The van der Waals surface area contributed by atoms with Gasteiger partial charge < -0.3 is 38.3 Å². The van der Waals surface area contributed by atoms with Crippen LogP contribution in [0.5, 0.6) is 0 Å². The Hall–Kier alpha value is -2.38. The third kappa shape index (κ3) is 12.5. The minimum Gasteiger partial charge on any atom is -0.480 e. The molecule has 0 aromatic heterocycles. The van der Waals surface area contributed by atoms with Crippen molar-refractivity contribution in [3.05, 3.63) is 0 Å². The number of hydrogen-bond donors (Lipinski definition) is 7. The molecule has 32 heavy (non-hydrogen) atoms. The topological polar surface area (TPSA) is 220 Å². The lowest BCUT2D eigenvalue weighted by molar-refractivity contribution is -0.142. The van der Waals surface area contributed by atoms with Crippen LogP contribution >= 0.6 is 11.8 Å². The number of rotatable bonds is 17. The Balaban J connectivity index is 5.38. The summed E-state index contributed by atoms with van der Waals surface area (Å²) in [6.45, 7) is 1.87. The summed E-state index contributed by atoms with van der Waals surface area (Å²) in [5.41, 5.74) is 16.1. The van der Waals surface area contributed by atoms with Crippen LogP contribution in [0.3, 0.4) is 0 Å². The van der Waals surface area contributed by atoms with E-state index in [2.05, 4.69) is 16.0 Å². The maximum Gasteiger partial charge on any atom is 0.326 e. The van der Waals surface area contributed by atoms with Crippen LogP contribution in [0, 0.1) is 0 Å². The normalized spacial score (nSPS) is 14.5. The highest BCUT2D eigenvalue weighted by atomic mass is 32.2. The molecule has 13 heteroatoms. The fraction of sp³-hybridized carbons (Fsp3) is 0.737. The van der Waals surface area contributed by atoms with E-state index in [0.29, 0.717) is 31.6 Å². The van der Waals surface area contributed by atoms with Gasteiger partial charge in [0.15, 0.2) is 0 Å². The molecule has 0 aliphatic carbocycles. The van der Waals surface area contributed by atoms with Gasteiger partial charge in [-0.3, -0.25) is 19.2 Å². The molecule has 0 bridgehead atoms. The Morgan fingerprint density at radius 3 is 1.88 bits per heavy atom. The number of nitrogens with one attached hydrogen (secondary N) is 3. The molecule has 0 spiro atoms. The number of unbranched alkanes of at least 4 members (excludes halogenated alkanes) is 1. The van der Waals surface area contributed by atoms with Crippen LogP contribution in [0.4, 0.5) is 0 Å². The lowest BCUT2D eigenvalue weighted by atomic mass is 10.1. The number of primary amides is 1. The van der Waals surface area contributed by atoms with E-state index in [1.165, 1.54) is 18.7 Å². The van der Waals surface area contributed by atoms with E-state index in [1.54, 1.807) is 0 Å². The predicted molar refractivity (Wildman–Crippen MR) is 121 cm³/mol. The van der Waals surface area contributed by atoms with Crippen LogP contribution in [0.1, 0.15) is 45.4 Å². The Kier molecular flexibility index (Phi) is 15.1. The first-order chi connectivity index (χ1) is 15.0. The zero-order chi connectivity index (χ0) is 24.7. The molecular formula is C19H36N6O6S. The number of carbonyl (C=O) groups excluding carboxylic acids is 4. The number of aliphatic carboxylic acids is 1. The molecule has 0 saturated heterocycles. The monoisotopic (exact) mass is 476 g/mol. The van der Waals surface area contributed by atoms with Crippen molar-refractivity contribution in [2.75, 3.05) is 18.6 Å². The number of thioether (sulfide) groups is 1. The van der Waals surface area contributed by atoms with E-state index >= 15 is 0 Å². The first kappa shape index (κ1) is 29.6. The predicted octanol–water partition coefficient (Wildman–Crippen LogP) is -1.98. The van der Waals surface area contributed by atoms with E-state index in [0.717, 1.165) is 0 Å². The molecule has 0 aliphatic rings. The highest BCUT2D eigenvalue weighted by molar-refractivity contribution is 7.98. The van der Waals surface area contributed by atoms with Gasteiger partial charge in [-0.1, -0.05) is 0 Å². The Morgan fingerprint density at radius 1 is 0.875 bits per heavy atom. The molecule has 0 saturated carbocycles. The Bertz CT molecular complexity index is 648. The van der Waals surface area contributed by atoms with Crippen LogP contribution < -0.4 is 33.2 Å². The first-order valence-corrected chi connectivity index (χ1v) is 11.8. The summed E-state index contributed by atoms with van der Waals surface area (Å²) < 4.78 is 0. The smallest absolute Gasteiger partial charge is 0.326 e. The largest absolute Gasteiger partial charge is 0.480 e. The third-order valence-electron chi connectivity index (χ3n) is 4.53. The van der Waals surface area contributed by atoms with Gasteiger partial charge in [0.05, 0.1) is 6.04 Å². The molecule has 4 atom stereocenters. The second-order valence-corrected chi connectivity index (χ2v) is 8.37. The van der Waals surface area contributed by atoms with Gasteiger partial charge in [-0.15, -0.1) is 0 Å². The van der Waals surface area contributed by atoms with E-state index < -0.39 is 53.8 Å². The van der Waals surface area contributed by atoms with Crippen molar-refractivity contribution >= 4 is 41.4 Å². The fourth-order valence-corrected chi connectivity index (χ4v) is 3.13. The zero-order valence-electron chi connectivity index (χ0n) is 18.6. The Labute approximate surface area is 192 Å². The van der Waals surface area contributed by atoms with Crippen molar-refractivity contribution in [3.63, 3.8) is 0 Å². The van der Waals surface area contributed by atoms with Gasteiger partial charge in [-0.25, -0.2) is 4.79 Å². The van der Waals surface area contributed by atoms with E-state index in [9.17, 15) is 29.1 Å².